The van der Waals surface area contributed by atoms with Gasteiger partial charge < -0.3 is 19.5 Å². The molecule has 1 aromatic carbocycles. The number of anilines is 2. The molecule has 2 N–H and O–H groups in total. The second kappa shape index (κ2) is 12.8. The van der Waals surface area contributed by atoms with Crippen molar-refractivity contribution >= 4 is 40.6 Å². The number of carbonyl (C=O) groups is 1. The fraction of sp³-hybridized carbons (Fsp3) is 0.273. The van der Waals surface area contributed by atoms with E-state index in [-0.39, 0.29) is 5.97 Å². The van der Waals surface area contributed by atoms with Gasteiger partial charge in [-0.05, 0) is 59.6 Å². The Hall–Kier alpha value is -2.71. The van der Waals surface area contributed by atoms with Crippen molar-refractivity contribution in [3.05, 3.63) is 64.6 Å². The van der Waals surface area contributed by atoms with Gasteiger partial charge in [0.2, 0.25) is 0 Å². The Morgan fingerprint density at radius 2 is 1.90 bits per heavy atom. The monoisotopic (exact) mass is 445 g/mol. The molecule has 6 nitrogen and oxygen atoms in total. The molecule has 0 saturated carbocycles. The Labute approximate surface area is 186 Å². The Bertz CT molecular complexity index is 917. The lowest BCUT2D eigenvalue weighted by atomic mass is 10.2. The van der Waals surface area contributed by atoms with Crippen LogP contribution in [0.25, 0.3) is 0 Å². The third-order valence-electron chi connectivity index (χ3n) is 3.96. The van der Waals surface area contributed by atoms with Crippen LogP contribution in [0.4, 0.5) is 11.4 Å². The normalized spacial score (nSPS) is 9.87. The zero-order chi connectivity index (χ0) is 21.8. The highest BCUT2D eigenvalue weighted by atomic mass is 32.2. The summed E-state index contributed by atoms with van der Waals surface area (Å²) in [6, 6.07) is 11.8. The van der Waals surface area contributed by atoms with Crippen LogP contribution in [0.3, 0.4) is 0 Å². The molecule has 8 heteroatoms. The number of methoxy groups -OCH3 is 2. The van der Waals surface area contributed by atoms with Crippen molar-refractivity contribution in [1.29, 1.82) is 0 Å². The minimum absolute atomic E-state index is 0.333. The van der Waals surface area contributed by atoms with Crippen LogP contribution in [0.2, 0.25) is 0 Å². The maximum absolute atomic E-state index is 11.8. The van der Waals surface area contributed by atoms with Gasteiger partial charge in [-0.2, -0.15) is 0 Å². The number of nitrogens with one attached hydrogen (secondary N) is 2. The summed E-state index contributed by atoms with van der Waals surface area (Å²) in [4.78, 5) is 17.2. The van der Waals surface area contributed by atoms with Crippen molar-refractivity contribution in [2.45, 2.75) is 25.2 Å². The summed E-state index contributed by atoms with van der Waals surface area (Å²) in [5.41, 5.74) is 3.04. The van der Waals surface area contributed by atoms with Crippen molar-refractivity contribution in [2.24, 2.45) is 0 Å². The van der Waals surface area contributed by atoms with Gasteiger partial charge in [-0.25, -0.2) is 4.79 Å². The largest absolute Gasteiger partial charge is 0.494 e. The minimum atomic E-state index is -0.333. The SMILES string of the molecule is CC.COC(=O)c1sccc1SNc1ccc(NCCc2ccncc2)cc1OC. The molecule has 0 unspecified atom stereocenters. The van der Waals surface area contributed by atoms with E-state index in [1.165, 1.54) is 36.0 Å². The van der Waals surface area contributed by atoms with Crippen LogP contribution in [0.1, 0.15) is 29.1 Å². The standard InChI is InChI=1S/C20H21N3O3S2.C2H6/c1-25-17-13-15(22-11-7-14-5-9-21-10-6-14)3-4-16(17)23-28-18-8-12-27-19(18)20(24)26-2;1-2/h3-6,8-10,12-13,22-23H,7,11H2,1-2H3;1-2H3. The number of nitrogens with zero attached hydrogens (tertiary/aromatic N) is 1. The number of hydrogen-bond donors (Lipinski definition) is 2. The molecule has 30 heavy (non-hydrogen) atoms. The lowest BCUT2D eigenvalue weighted by molar-refractivity contribution is 0.0603. The molecule has 3 rings (SSSR count). The van der Waals surface area contributed by atoms with Crippen LogP contribution in [-0.4, -0.2) is 31.7 Å². The highest BCUT2D eigenvalue weighted by Gasteiger charge is 2.15. The van der Waals surface area contributed by atoms with E-state index in [9.17, 15) is 4.79 Å². The molecule has 3 aromatic rings. The fourth-order valence-corrected chi connectivity index (χ4v) is 4.28. The van der Waals surface area contributed by atoms with Gasteiger partial charge in [0.15, 0.2) is 0 Å². The number of pyridine rings is 1. The molecule has 0 bridgehead atoms. The van der Waals surface area contributed by atoms with Crippen LogP contribution in [0.15, 0.2) is 59.1 Å². The zero-order valence-corrected chi connectivity index (χ0v) is 19.2. The second-order valence-electron chi connectivity index (χ2n) is 5.76. The fourth-order valence-electron chi connectivity index (χ4n) is 2.52. The van der Waals surface area contributed by atoms with E-state index >= 15 is 0 Å². The molecular formula is C22H27N3O3S2. The van der Waals surface area contributed by atoms with Gasteiger partial charge in [-0.15, -0.1) is 11.3 Å². The molecule has 0 amide bonds. The molecule has 0 aliphatic rings. The highest BCUT2D eigenvalue weighted by molar-refractivity contribution is 8.00. The van der Waals surface area contributed by atoms with Gasteiger partial charge in [-0.3, -0.25) is 4.98 Å². The molecule has 0 radical (unpaired) electrons. The van der Waals surface area contributed by atoms with Crippen molar-refractivity contribution in [3.8, 4) is 5.75 Å². The van der Waals surface area contributed by atoms with Gasteiger partial charge in [0.05, 0.1) is 24.8 Å². The lowest BCUT2D eigenvalue weighted by Crippen LogP contribution is -2.05. The van der Waals surface area contributed by atoms with Crippen molar-refractivity contribution in [2.75, 3.05) is 30.8 Å². The minimum Gasteiger partial charge on any atom is -0.494 e. The van der Waals surface area contributed by atoms with E-state index < -0.39 is 0 Å². The van der Waals surface area contributed by atoms with E-state index in [4.69, 9.17) is 9.47 Å². The van der Waals surface area contributed by atoms with Gasteiger partial charge in [0, 0.05) is 30.7 Å². The molecule has 0 aliphatic heterocycles. The summed E-state index contributed by atoms with van der Waals surface area (Å²) >= 11 is 2.71. The molecule has 0 fully saturated rings. The van der Waals surface area contributed by atoms with E-state index in [2.05, 4.69) is 15.0 Å². The van der Waals surface area contributed by atoms with Crippen LogP contribution >= 0.6 is 23.3 Å². The first kappa shape index (κ1) is 23.6. The summed E-state index contributed by atoms with van der Waals surface area (Å²) in [5.74, 6) is 0.385. The third kappa shape index (κ3) is 6.67. The first-order chi connectivity index (χ1) is 14.7. The molecule has 0 saturated heterocycles. The first-order valence-electron chi connectivity index (χ1n) is 9.60. The summed E-state index contributed by atoms with van der Waals surface area (Å²) in [5, 5.41) is 5.27. The Morgan fingerprint density at radius 1 is 1.13 bits per heavy atom. The maximum Gasteiger partial charge on any atom is 0.349 e. The summed E-state index contributed by atoms with van der Waals surface area (Å²) in [6.07, 6.45) is 4.51. The van der Waals surface area contributed by atoms with E-state index in [0.717, 1.165) is 35.0 Å². The average Bonchev–Trinajstić information content (AvgIpc) is 3.28. The number of thiophene rings is 1. The number of esters is 1. The van der Waals surface area contributed by atoms with Gasteiger partial charge >= 0.3 is 5.97 Å². The van der Waals surface area contributed by atoms with E-state index in [1.54, 1.807) is 19.5 Å². The molecule has 0 spiro atoms. The smallest absolute Gasteiger partial charge is 0.349 e. The van der Waals surface area contributed by atoms with Gasteiger partial charge in [0.25, 0.3) is 0 Å². The van der Waals surface area contributed by atoms with Crippen molar-refractivity contribution < 1.29 is 14.3 Å². The van der Waals surface area contributed by atoms with E-state index in [1.807, 2.05) is 55.6 Å². The Morgan fingerprint density at radius 3 is 2.60 bits per heavy atom. The van der Waals surface area contributed by atoms with Crippen molar-refractivity contribution in [3.63, 3.8) is 0 Å². The number of ether oxygens (including phenoxy) is 2. The molecule has 0 aliphatic carbocycles. The summed E-state index contributed by atoms with van der Waals surface area (Å²) < 4.78 is 13.6. The number of carbonyl (C=O) groups excluding carboxylic acids is 1. The number of aromatic nitrogens is 1. The average molecular weight is 446 g/mol. The van der Waals surface area contributed by atoms with Crippen molar-refractivity contribution in [1.82, 2.24) is 4.98 Å². The van der Waals surface area contributed by atoms with Crippen LogP contribution < -0.4 is 14.8 Å². The first-order valence-corrected chi connectivity index (χ1v) is 11.3. The second-order valence-corrected chi connectivity index (χ2v) is 7.52. The van der Waals surface area contributed by atoms with Crippen LogP contribution in [-0.2, 0) is 11.2 Å². The zero-order valence-electron chi connectivity index (χ0n) is 17.6. The molecule has 0 atom stereocenters. The number of rotatable bonds is 9. The summed E-state index contributed by atoms with van der Waals surface area (Å²) in [6.45, 7) is 4.81. The lowest BCUT2D eigenvalue weighted by Gasteiger charge is -2.13. The van der Waals surface area contributed by atoms with Crippen LogP contribution in [0, 0.1) is 0 Å². The van der Waals surface area contributed by atoms with Crippen LogP contribution in [0.5, 0.6) is 5.75 Å². The number of benzene rings is 1. The Balaban J connectivity index is 0.00000155. The molecule has 160 valence electrons. The quantitative estimate of drug-likeness (QED) is 0.321. The number of hydrogen-bond acceptors (Lipinski definition) is 8. The van der Waals surface area contributed by atoms with Gasteiger partial charge in [-0.1, -0.05) is 13.8 Å². The topological polar surface area (TPSA) is 72.5 Å². The molecule has 2 aromatic heterocycles. The molecule has 2 heterocycles. The maximum atomic E-state index is 11.8. The van der Waals surface area contributed by atoms with Gasteiger partial charge in [0.1, 0.15) is 10.6 Å². The predicted molar refractivity (Wildman–Crippen MR) is 126 cm³/mol. The third-order valence-corrected chi connectivity index (χ3v) is 5.87. The molecular weight excluding hydrogens is 418 g/mol. The van der Waals surface area contributed by atoms with E-state index in [0.29, 0.717) is 4.88 Å². The highest BCUT2D eigenvalue weighted by Crippen LogP contribution is 2.34. The summed E-state index contributed by atoms with van der Waals surface area (Å²) in [7, 11) is 3.02. The Kier molecular flexibility index (Phi) is 10.0. The predicted octanol–water partition coefficient (Wildman–Crippen LogP) is 5.74.